The molecule has 0 unspecified atom stereocenters. The monoisotopic (exact) mass is 345 g/mol. The summed E-state index contributed by atoms with van der Waals surface area (Å²) in [5.74, 6) is 1.02. The summed E-state index contributed by atoms with van der Waals surface area (Å²) in [6.45, 7) is 4.41. The lowest BCUT2D eigenvalue weighted by atomic mass is 10.1. The first-order valence-electron chi connectivity index (χ1n) is 7.03. The molecule has 0 saturated heterocycles. The van der Waals surface area contributed by atoms with Gasteiger partial charge >= 0.3 is 6.03 Å². The van der Waals surface area contributed by atoms with Crippen LogP contribution in [0.15, 0.2) is 29.2 Å². The Kier molecular flexibility index (Phi) is 7.70. The van der Waals surface area contributed by atoms with Crippen LogP contribution in [0.3, 0.4) is 0 Å². The van der Waals surface area contributed by atoms with Gasteiger partial charge in [-0.15, -0.1) is 11.8 Å². The van der Waals surface area contributed by atoms with Gasteiger partial charge in [0.1, 0.15) is 0 Å². The van der Waals surface area contributed by atoms with Gasteiger partial charge in [-0.1, -0.05) is 19.1 Å². The predicted octanol–water partition coefficient (Wildman–Crippen LogP) is 1.71. The van der Waals surface area contributed by atoms with E-state index in [2.05, 4.69) is 22.3 Å². The summed E-state index contributed by atoms with van der Waals surface area (Å²) in [5.41, 5.74) is 1.02. The zero-order valence-electron chi connectivity index (χ0n) is 13.0. The van der Waals surface area contributed by atoms with Crippen molar-refractivity contribution in [3.8, 4) is 0 Å². The van der Waals surface area contributed by atoms with E-state index in [1.165, 1.54) is 4.90 Å². The first kappa shape index (κ1) is 18.8. The van der Waals surface area contributed by atoms with Crippen LogP contribution in [0.1, 0.15) is 25.5 Å². The lowest BCUT2D eigenvalue weighted by Crippen LogP contribution is -2.41. The minimum Gasteiger partial charge on any atom is -0.337 e. The Hall–Kier alpha value is -1.25. The van der Waals surface area contributed by atoms with Crippen molar-refractivity contribution in [2.24, 2.45) is 0 Å². The van der Waals surface area contributed by atoms with Crippen molar-refractivity contribution in [2.45, 2.75) is 24.8 Å². The molecule has 8 heteroatoms. The van der Waals surface area contributed by atoms with Gasteiger partial charge in [-0.2, -0.15) is 0 Å². The maximum atomic E-state index is 11.7. The molecule has 6 nitrogen and oxygen atoms in total. The number of benzene rings is 1. The molecule has 1 aromatic carbocycles. The molecule has 1 aromatic rings. The number of carbonyl (C=O) groups is 1. The van der Waals surface area contributed by atoms with E-state index in [1.54, 1.807) is 11.8 Å². The standard InChI is InChI=1S/C14H23N3O3S2/c1-4-21-13-7-5-12(6-8-13)11(2)17-14(18)15-9-10-16-22(3,19)20/h5-8,11,16H,4,9-10H2,1-3H3,(H2,15,17,18)/t11-/m0/s1. The minimum atomic E-state index is -3.22. The van der Waals surface area contributed by atoms with Crippen LogP contribution < -0.4 is 15.4 Å². The highest BCUT2D eigenvalue weighted by Crippen LogP contribution is 2.20. The Morgan fingerprint density at radius 2 is 1.86 bits per heavy atom. The molecule has 3 N–H and O–H groups in total. The number of carbonyl (C=O) groups excluding carboxylic acids is 1. The number of thioether (sulfide) groups is 1. The third-order valence-corrected chi connectivity index (χ3v) is 4.44. The lowest BCUT2D eigenvalue weighted by Gasteiger charge is -2.15. The maximum Gasteiger partial charge on any atom is 0.315 e. The molecule has 0 aromatic heterocycles. The molecular formula is C14H23N3O3S2. The molecule has 0 heterocycles. The van der Waals surface area contributed by atoms with Gasteiger partial charge in [-0.3, -0.25) is 0 Å². The van der Waals surface area contributed by atoms with E-state index in [-0.39, 0.29) is 25.2 Å². The first-order valence-corrected chi connectivity index (χ1v) is 9.91. The van der Waals surface area contributed by atoms with Crippen molar-refractivity contribution >= 4 is 27.8 Å². The van der Waals surface area contributed by atoms with Gasteiger partial charge in [0.2, 0.25) is 10.0 Å². The van der Waals surface area contributed by atoms with Crippen LogP contribution in [0, 0.1) is 0 Å². The van der Waals surface area contributed by atoms with Crippen molar-refractivity contribution in [1.82, 2.24) is 15.4 Å². The fraction of sp³-hybridized carbons (Fsp3) is 0.500. The third-order valence-electron chi connectivity index (χ3n) is 2.81. The molecule has 0 aliphatic rings. The topological polar surface area (TPSA) is 87.3 Å². The molecule has 0 bridgehead atoms. The summed E-state index contributed by atoms with van der Waals surface area (Å²) in [5, 5.41) is 5.42. The number of rotatable bonds is 8. The van der Waals surface area contributed by atoms with Crippen LogP contribution in [-0.2, 0) is 10.0 Å². The van der Waals surface area contributed by atoms with Crippen molar-refractivity contribution < 1.29 is 13.2 Å². The molecule has 0 radical (unpaired) electrons. The molecule has 1 atom stereocenters. The quantitative estimate of drug-likeness (QED) is 0.494. The Morgan fingerprint density at radius 3 is 2.41 bits per heavy atom. The van der Waals surface area contributed by atoms with Gasteiger partial charge in [0.15, 0.2) is 0 Å². The van der Waals surface area contributed by atoms with E-state index in [9.17, 15) is 13.2 Å². The largest absolute Gasteiger partial charge is 0.337 e. The molecule has 0 fully saturated rings. The number of urea groups is 1. The number of hydrogen-bond acceptors (Lipinski definition) is 4. The van der Waals surface area contributed by atoms with Crippen LogP contribution in [-0.4, -0.2) is 39.5 Å². The molecule has 124 valence electrons. The summed E-state index contributed by atoms with van der Waals surface area (Å²) in [7, 11) is -3.22. The van der Waals surface area contributed by atoms with Gasteiger partial charge in [0.25, 0.3) is 0 Å². The Labute approximate surface area is 136 Å². The maximum absolute atomic E-state index is 11.7. The first-order chi connectivity index (χ1) is 10.3. The Morgan fingerprint density at radius 1 is 1.23 bits per heavy atom. The second-order valence-corrected chi connectivity index (χ2v) is 7.96. The van der Waals surface area contributed by atoms with Gasteiger partial charge in [-0.25, -0.2) is 17.9 Å². The lowest BCUT2D eigenvalue weighted by molar-refractivity contribution is 0.238. The molecule has 0 aliphatic carbocycles. The zero-order chi connectivity index (χ0) is 16.6. The summed E-state index contributed by atoms with van der Waals surface area (Å²) in [6, 6.07) is 7.62. The van der Waals surface area contributed by atoms with E-state index < -0.39 is 10.0 Å². The van der Waals surface area contributed by atoms with E-state index in [1.807, 2.05) is 31.2 Å². The van der Waals surface area contributed by atoms with Gasteiger partial charge in [0, 0.05) is 18.0 Å². The van der Waals surface area contributed by atoms with Crippen LogP contribution >= 0.6 is 11.8 Å². The molecule has 2 amide bonds. The van der Waals surface area contributed by atoms with E-state index >= 15 is 0 Å². The van der Waals surface area contributed by atoms with Crippen LogP contribution in [0.4, 0.5) is 4.79 Å². The fourth-order valence-corrected chi connectivity index (χ4v) is 2.90. The highest BCUT2D eigenvalue weighted by Gasteiger charge is 2.09. The number of nitrogens with one attached hydrogen (secondary N) is 3. The molecular weight excluding hydrogens is 322 g/mol. The van der Waals surface area contributed by atoms with Crippen LogP contribution in [0.25, 0.3) is 0 Å². The normalized spacial score (nSPS) is 12.7. The molecule has 0 saturated carbocycles. The highest BCUT2D eigenvalue weighted by atomic mass is 32.2. The number of sulfonamides is 1. The molecule has 22 heavy (non-hydrogen) atoms. The smallest absolute Gasteiger partial charge is 0.315 e. The summed E-state index contributed by atoms with van der Waals surface area (Å²) >= 11 is 1.77. The zero-order valence-corrected chi connectivity index (χ0v) is 14.7. The number of hydrogen-bond donors (Lipinski definition) is 3. The second-order valence-electron chi connectivity index (χ2n) is 4.79. The average Bonchev–Trinajstić information content (AvgIpc) is 2.44. The van der Waals surface area contributed by atoms with E-state index in [4.69, 9.17) is 0 Å². The van der Waals surface area contributed by atoms with Crippen molar-refractivity contribution in [3.63, 3.8) is 0 Å². The van der Waals surface area contributed by atoms with Gasteiger partial charge < -0.3 is 10.6 Å². The third kappa shape index (κ3) is 7.67. The summed E-state index contributed by atoms with van der Waals surface area (Å²) in [6.07, 6.45) is 1.08. The highest BCUT2D eigenvalue weighted by molar-refractivity contribution is 7.99. The molecule has 0 aliphatic heterocycles. The van der Waals surface area contributed by atoms with Crippen molar-refractivity contribution in [1.29, 1.82) is 0 Å². The van der Waals surface area contributed by atoms with Crippen molar-refractivity contribution in [2.75, 3.05) is 25.1 Å². The average molecular weight is 345 g/mol. The summed E-state index contributed by atoms with van der Waals surface area (Å²) < 4.78 is 24.1. The van der Waals surface area contributed by atoms with Crippen LogP contribution in [0.2, 0.25) is 0 Å². The van der Waals surface area contributed by atoms with E-state index in [0.717, 1.165) is 17.6 Å². The number of amides is 2. The van der Waals surface area contributed by atoms with Crippen LogP contribution in [0.5, 0.6) is 0 Å². The fourth-order valence-electron chi connectivity index (χ4n) is 1.76. The van der Waals surface area contributed by atoms with Gasteiger partial charge in [-0.05, 0) is 30.4 Å². The molecule has 1 rings (SSSR count). The van der Waals surface area contributed by atoms with E-state index in [0.29, 0.717) is 0 Å². The van der Waals surface area contributed by atoms with Crippen molar-refractivity contribution in [3.05, 3.63) is 29.8 Å². The SMILES string of the molecule is CCSc1ccc([C@H](C)NC(=O)NCCNS(C)(=O)=O)cc1. The second kappa shape index (κ2) is 9.02. The van der Waals surface area contributed by atoms with Gasteiger partial charge in [0.05, 0.1) is 12.3 Å². The minimum absolute atomic E-state index is 0.122. The summed E-state index contributed by atoms with van der Waals surface area (Å²) in [4.78, 5) is 12.9. The molecule has 0 spiro atoms. The Balaban J connectivity index is 2.37. The predicted molar refractivity (Wildman–Crippen MR) is 90.6 cm³/mol. The Bertz CT molecular complexity index is 574.